The number of ether oxygens (including phenoxy) is 1. The average Bonchev–Trinajstić information content (AvgIpc) is 2.08. The second-order valence-electron chi connectivity index (χ2n) is 2.80. The summed E-state index contributed by atoms with van der Waals surface area (Å²) in [6.45, 7) is 6.74. The van der Waals surface area contributed by atoms with Gasteiger partial charge in [-0.3, -0.25) is 4.90 Å². The van der Waals surface area contributed by atoms with E-state index in [1.165, 1.54) is 0 Å². The fourth-order valence-electron chi connectivity index (χ4n) is 0.846. The van der Waals surface area contributed by atoms with Crippen molar-refractivity contribution in [1.29, 1.82) is 0 Å². The summed E-state index contributed by atoms with van der Waals surface area (Å²) in [5.41, 5.74) is 0. The second kappa shape index (κ2) is 2.48. The van der Waals surface area contributed by atoms with Gasteiger partial charge in [0, 0.05) is 6.54 Å². The van der Waals surface area contributed by atoms with Gasteiger partial charge in [-0.05, 0) is 13.8 Å². The fraction of sp³-hybridized carbons (Fsp3) is 1.00. The van der Waals surface area contributed by atoms with Crippen LogP contribution in [0.2, 0.25) is 0 Å². The summed E-state index contributed by atoms with van der Waals surface area (Å²) in [4.78, 5) is 2.17. The molecule has 0 bridgehead atoms. The molecule has 1 aliphatic heterocycles. The van der Waals surface area contributed by atoms with E-state index in [0.29, 0.717) is 0 Å². The summed E-state index contributed by atoms with van der Waals surface area (Å²) in [7, 11) is 0. The van der Waals surface area contributed by atoms with Crippen LogP contribution in [0.1, 0.15) is 13.8 Å². The number of hydrogen-bond donors (Lipinski definition) is 1. The minimum absolute atomic E-state index is 0.0174. The average molecular weight is 147 g/mol. The van der Waals surface area contributed by atoms with Gasteiger partial charge in [-0.2, -0.15) is 12.6 Å². The van der Waals surface area contributed by atoms with Crippen LogP contribution in [0.4, 0.5) is 0 Å². The molecule has 0 aromatic heterocycles. The molecule has 0 saturated carbocycles. The molecule has 3 heteroatoms. The molecular weight excluding hydrogens is 134 g/mol. The predicted molar refractivity (Wildman–Crippen MR) is 40.6 cm³/mol. The molecule has 1 saturated heterocycles. The Morgan fingerprint density at radius 3 is 2.44 bits per heavy atom. The second-order valence-corrected chi connectivity index (χ2v) is 3.89. The molecule has 0 aromatic carbocycles. The minimum atomic E-state index is -0.0174. The molecule has 0 spiro atoms. The summed E-state index contributed by atoms with van der Waals surface area (Å²) in [5, 5.41) is 0. The van der Waals surface area contributed by atoms with Crippen LogP contribution >= 0.6 is 12.6 Å². The SMILES string of the molecule is CC(C)(S)N1CCOC1. The van der Waals surface area contributed by atoms with Gasteiger partial charge in [0.25, 0.3) is 0 Å². The van der Waals surface area contributed by atoms with Gasteiger partial charge in [0.2, 0.25) is 0 Å². The van der Waals surface area contributed by atoms with Crippen molar-refractivity contribution in [2.75, 3.05) is 19.9 Å². The summed E-state index contributed by atoms with van der Waals surface area (Å²) >= 11 is 4.40. The Hall–Kier alpha value is 0.270. The van der Waals surface area contributed by atoms with E-state index < -0.39 is 0 Å². The van der Waals surface area contributed by atoms with Crippen molar-refractivity contribution in [2.24, 2.45) is 0 Å². The van der Waals surface area contributed by atoms with E-state index in [0.717, 1.165) is 19.9 Å². The third kappa shape index (κ3) is 1.85. The van der Waals surface area contributed by atoms with Crippen LogP contribution in [-0.2, 0) is 4.74 Å². The molecule has 0 N–H and O–H groups in total. The number of thiol groups is 1. The molecule has 1 fully saturated rings. The summed E-state index contributed by atoms with van der Waals surface area (Å²) in [6, 6.07) is 0. The van der Waals surface area contributed by atoms with Crippen LogP contribution < -0.4 is 0 Å². The van der Waals surface area contributed by atoms with Crippen LogP contribution in [0.3, 0.4) is 0 Å². The lowest BCUT2D eigenvalue weighted by Crippen LogP contribution is -2.37. The quantitative estimate of drug-likeness (QED) is 0.554. The van der Waals surface area contributed by atoms with Gasteiger partial charge < -0.3 is 4.74 Å². The van der Waals surface area contributed by atoms with Crippen LogP contribution in [0.15, 0.2) is 0 Å². The van der Waals surface area contributed by atoms with Gasteiger partial charge in [-0.15, -0.1) is 0 Å². The molecular formula is C6H13NOS. The Labute approximate surface area is 61.6 Å². The zero-order chi connectivity index (χ0) is 6.91. The maximum Gasteiger partial charge on any atom is 0.100 e. The van der Waals surface area contributed by atoms with Crippen LogP contribution in [0.5, 0.6) is 0 Å². The first kappa shape index (κ1) is 7.38. The molecule has 1 rings (SSSR count). The number of rotatable bonds is 1. The van der Waals surface area contributed by atoms with Crippen LogP contribution in [0.25, 0.3) is 0 Å². The van der Waals surface area contributed by atoms with Gasteiger partial charge in [-0.1, -0.05) is 0 Å². The molecule has 54 valence electrons. The maximum absolute atomic E-state index is 5.16. The van der Waals surface area contributed by atoms with Crippen LogP contribution in [0, 0.1) is 0 Å². The number of hydrogen-bond acceptors (Lipinski definition) is 3. The molecule has 0 aromatic rings. The van der Waals surface area contributed by atoms with Gasteiger partial charge in [0.15, 0.2) is 0 Å². The van der Waals surface area contributed by atoms with E-state index in [1.54, 1.807) is 0 Å². The van der Waals surface area contributed by atoms with E-state index in [9.17, 15) is 0 Å². The third-order valence-corrected chi connectivity index (χ3v) is 1.81. The predicted octanol–water partition coefficient (Wildman–Crippen LogP) is 0.942. The largest absolute Gasteiger partial charge is 0.365 e. The maximum atomic E-state index is 5.16. The smallest absolute Gasteiger partial charge is 0.100 e. The van der Waals surface area contributed by atoms with Gasteiger partial charge in [-0.25, -0.2) is 0 Å². The lowest BCUT2D eigenvalue weighted by Gasteiger charge is -2.28. The first-order valence-electron chi connectivity index (χ1n) is 3.16. The zero-order valence-corrected chi connectivity index (χ0v) is 6.82. The molecule has 0 atom stereocenters. The van der Waals surface area contributed by atoms with E-state index in [1.807, 2.05) is 0 Å². The molecule has 9 heavy (non-hydrogen) atoms. The third-order valence-electron chi connectivity index (χ3n) is 1.53. The van der Waals surface area contributed by atoms with E-state index in [2.05, 4.69) is 31.4 Å². The van der Waals surface area contributed by atoms with Gasteiger partial charge >= 0.3 is 0 Å². The summed E-state index contributed by atoms with van der Waals surface area (Å²) < 4.78 is 5.16. The monoisotopic (exact) mass is 147 g/mol. The standard InChI is InChI=1S/C6H13NOS/c1-6(2,9)7-3-4-8-5-7/h9H,3-5H2,1-2H3. The van der Waals surface area contributed by atoms with Crippen molar-refractivity contribution in [3.05, 3.63) is 0 Å². The zero-order valence-electron chi connectivity index (χ0n) is 5.92. The van der Waals surface area contributed by atoms with Crippen molar-refractivity contribution < 1.29 is 4.74 Å². The topological polar surface area (TPSA) is 12.5 Å². The highest BCUT2D eigenvalue weighted by Gasteiger charge is 2.25. The molecule has 0 radical (unpaired) electrons. The van der Waals surface area contributed by atoms with Crippen molar-refractivity contribution in [3.63, 3.8) is 0 Å². The molecule has 1 aliphatic rings. The first-order valence-corrected chi connectivity index (χ1v) is 3.60. The highest BCUT2D eigenvalue weighted by Crippen LogP contribution is 2.20. The molecule has 0 amide bonds. The Kier molecular flexibility index (Phi) is 2.03. The summed E-state index contributed by atoms with van der Waals surface area (Å²) in [6.07, 6.45) is 0. The van der Waals surface area contributed by atoms with Gasteiger partial charge in [0.05, 0.1) is 11.5 Å². The van der Waals surface area contributed by atoms with Gasteiger partial charge in [0.1, 0.15) is 6.73 Å². The normalized spacial score (nSPS) is 23.0. The molecule has 0 unspecified atom stereocenters. The van der Waals surface area contributed by atoms with Crippen molar-refractivity contribution in [2.45, 2.75) is 18.7 Å². The highest BCUT2D eigenvalue weighted by molar-refractivity contribution is 7.81. The first-order chi connectivity index (χ1) is 4.11. The number of nitrogens with zero attached hydrogens (tertiary/aromatic N) is 1. The van der Waals surface area contributed by atoms with E-state index in [-0.39, 0.29) is 4.87 Å². The molecule has 1 heterocycles. The van der Waals surface area contributed by atoms with Crippen molar-refractivity contribution in [1.82, 2.24) is 4.90 Å². The Morgan fingerprint density at radius 1 is 1.56 bits per heavy atom. The van der Waals surface area contributed by atoms with E-state index >= 15 is 0 Å². The Bertz CT molecular complexity index is 93.7. The lowest BCUT2D eigenvalue weighted by atomic mass is 10.3. The lowest BCUT2D eigenvalue weighted by molar-refractivity contribution is 0.114. The molecule has 0 aliphatic carbocycles. The Balaban J connectivity index is 2.42. The van der Waals surface area contributed by atoms with E-state index in [4.69, 9.17) is 4.74 Å². The van der Waals surface area contributed by atoms with Crippen molar-refractivity contribution in [3.8, 4) is 0 Å². The fourth-order valence-corrected chi connectivity index (χ4v) is 1.00. The molecule has 2 nitrogen and oxygen atoms in total. The highest BCUT2D eigenvalue weighted by atomic mass is 32.1. The van der Waals surface area contributed by atoms with Crippen LogP contribution in [-0.4, -0.2) is 29.7 Å². The minimum Gasteiger partial charge on any atom is -0.365 e. The summed E-state index contributed by atoms with van der Waals surface area (Å²) in [5.74, 6) is 0. The van der Waals surface area contributed by atoms with Crippen molar-refractivity contribution >= 4 is 12.6 Å². The Morgan fingerprint density at radius 2 is 2.22 bits per heavy atom.